The van der Waals surface area contributed by atoms with Gasteiger partial charge in [-0.25, -0.2) is 8.42 Å². The molecule has 0 fully saturated rings. The zero-order chi connectivity index (χ0) is 19.4. The van der Waals surface area contributed by atoms with Gasteiger partial charge in [0.25, 0.3) is 0 Å². The first-order valence-electron chi connectivity index (χ1n) is 8.15. The molecule has 0 unspecified atom stereocenters. The van der Waals surface area contributed by atoms with E-state index in [0.29, 0.717) is 0 Å². The van der Waals surface area contributed by atoms with Crippen LogP contribution in [0.15, 0.2) is 76.5 Å². The SMILES string of the molecule is Cc1ccc(S(=O)(=O)/C(=C\C=C\c2ccccc2)C(=O)C(C)(C)O)cc1. The Kier molecular flexibility index (Phi) is 5.95. The first-order valence-corrected chi connectivity index (χ1v) is 9.63. The van der Waals surface area contributed by atoms with E-state index in [2.05, 4.69) is 0 Å². The molecule has 1 N–H and O–H groups in total. The Labute approximate surface area is 154 Å². The molecule has 26 heavy (non-hydrogen) atoms. The van der Waals surface area contributed by atoms with Gasteiger partial charge in [0, 0.05) is 0 Å². The molecule has 0 saturated heterocycles. The average molecular weight is 370 g/mol. The van der Waals surface area contributed by atoms with Gasteiger partial charge in [-0.15, -0.1) is 0 Å². The Balaban J connectivity index is 2.50. The summed E-state index contributed by atoms with van der Waals surface area (Å²) >= 11 is 0. The lowest BCUT2D eigenvalue weighted by molar-refractivity contribution is -0.129. The van der Waals surface area contributed by atoms with Crippen LogP contribution in [0.4, 0.5) is 0 Å². The van der Waals surface area contributed by atoms with Crippen molar-refractivity contribution in [2.24, 2.45) is 0 Å². The van der Waals surface area contributed by atoms with E-state index in [1.807, 2.05) is 37.3 Å². The molecule has 0 amide bonds. The normalized spacial score (nSPS) is 13.2. The number of hydrogen-bond donors (Lipinski definition) is 1. The third kappa shape index (κ3) is 4.77. The number of sulfone groups is 1. The number of ketones is 1. The van der Waals surface area contributed by atoms with Crippen LogP contribution in [0.2, 0.25) is 0 Å². The van der Waals surface area contributed by atoms with Gasteiger partial charge in [-0.2, -0.15) is 0 Å². The molecule has 2 aromatic rings. The summed E-state index contributed by atoms with van der Waals surface area (Å²) in [7, 11) is -4.05. The van der Waals surface area contributed by atoms with Crippen LogP contribution in [-0.4, -0.2) is 24.9 Å². The van der Waals surface area contributed by atoms with Gasteiger partial charge in [-0.05, 0) is 44.5 Å². The predicted octanol–water partition coefficient (Wildman–Crippen LogP) is 3.71. The Hall–Kier alpha value is -2.50. The van der Waals surface area contributed by atoms with Gasteiger partial charge < -0.3 is 5.11 Å². The van der Waals surface area contributed by atoms with Crippen LogP contribution in [0.25, 0.3) is 6.08 Å². The molecular weight excluding hydrogens is 348 g/mol. The smallest absolute Gasteiger partial charge is 0.210 e. The highest BCUT2D eigenvalue weighted by Gasteiger charge is 2.35. The maximum atomic E-state index is 12.9. The largest absolute Gasteiger partial charge is 0.382 e. The number of hydrogen-bond acceptors (Lipinski definition) is 4. The van der Waals surface area contributed by atoms with Gasteiger partial charge in [-0.1, -0.05) is 60.2 Å². The summed E-state index contributed by atoms with van der Waals surface area (Å²) < 4.78 is 25.9. The van der Waals surface area contributed by atoms with Gasteiger partial charge in [0.2, 0.25) is 15.6 Å². The summed E-state index contributed by atoms with van der Waals surface area (Å²) in [6.45, 7) is 4.39. The molecule has 0 aromatic heterocycles. The second-order valence-corrected chi connectivity index (χ2v) is 8.42. The molecule has 0 radical (unpaired) electrons. The van der Waals surface area contributed by atoms with Crippen LogP contribution in [0, 0.1) is 6.92 Å². The van der Waals surface area contributed by atoms with E-state index in [1.54, 1.807) is 18.2 Å². The van der Waals surface area contributed by atoms with Crippen molar-refractivity contribution in [3.05, 3.63) is 82.8 Å². The Morgan fingerprint density at radius 2 is 1.58 bits per heavy atom. The number of allylic oxidation sites excluding steroid dienone is 2. The molecule has 0 heterocycles. The zero-order valence-corrected chi connectivity index (χ0v) is 15.8. The average Bonchev–Trinajstić information content (AvgIpc) is 2.58. The molecule has 0 aliphatic heterocycles. The standard InChI is InChI=1S/C21H22O4S/c1-16-12-14-18(15-13-16)26(24,25)19(20(22)21(2,3)23)11-7-10-17-8-5-4-6-9-17/h4-15,23H,1-3H3/b10-7+,19-11-. The van der Waals surface area contributed by atoms with Crippen LogP contribution in [0.5, 0.6) is 0 Å². The second-order valence-electron chi connectivity index (χ2n) is 6.51. The molecule has 0 saturated carbocycles. The summed E-state index contributed by atoms with van der Waals surface area (Å²) in [5.41, 5.74) is -0.0247. The fourth-order valence-corrected chi connectivity index (χ4v) is 3.74. The zero-order valence-electron chi connectivity index (χ0n) is 15.0. The second kappa shape index (κ2) is 7.81. The highest BCUT2D eigenvalue weighted by Crippen LogP contribution is 2.24. The number of carbonyl (C=O) groups is 1. The van der Waals surface area contributed by atoms with E-state index in [4.69, 9.17) is 0 Å². The molecule has 0 bridgehead atoms. The summed E-state index contributed by atoms with van der Waals surface area (Å²) in [5, 5.41) is 10.0. The van der Waals surface area contributed by atoms with Gasteiger partial charge in [0.05, 0.1) is 4.90 Å². The highest BCUT2D eigenvalue weighted by molar-refractivity contribution is 7.96. The summed E-state index contributed by atoms with van der Waals surface area (Å²) in [6.07, 6.45) is 4.44. The van der Waals surface area contributed by atoms with E-state index in [-0.39, 0.29) is 4.90 Å². The van der Waals surface area contributed by atoms with Gasteiger partial charge in [-0.3, -0.25) is 4.79 Å². The van der Waals surface area contributed by atoms with E-state index < -0.39 is 26.1 Å². The maximum Gasteiger partial charge on any atom is 0.210 e. The topological polar surface area (TPSA) is 71.4 Å². The van der Waals surface area contributed by atoms with Crippen molar-refractivity contribution < 1.29 is 18.3 Å². The summed E-state index contributed by atoms with van der Waals surface area (Å²) in [4.78, 5) is 12.1. The van der Waals surface area contributed by atoms with E-state index in [9.17, 15) is 18.3 Å². The van der Waals surface area contributed by atoms with Crippen molar-refractivity contribution >= 4 is 21.7 Å². The third-order valence-corrected chi connectivity index (χ3v) is 5.53. The minimum Gasteiger partial charge on any atom is -0.382 e. The lowest BCUT2D eigenvalue weighted by Gasteiger charge is -2.18. The lowest BCUT2D eigenvalue weighted by atomic mass is 10.0. The van der Waals surface area contributed by atoms with Gasteiger partial charge in [0.1, 0.15) is 10.5 Å². The molecule has 0 aliphatic carbocycles. The van der Waals surface area contributed by atoms with E-state index in [0.717, 1.165) is 11.1 Å². The minimum absolute atomic E-state index is 0.0139. The minimum atomic E-state index is -4.05. The molecule has 136 valence electrons. The van der Waals surface area contributed by atoms with Crippen molar-refractivity contribution in [2.75, 3.05) is 0 Å². The monoisotopic (exact) mass is 370 g/mol. The molecule has 5 heteroatoms. The van der Waals surface area contributed by atoms with E-state index in [1.165, 1.54) is 38.1 Å². The molecular formula is C21H22O4S. The number of aryl methyl sites for hydroxylation is 1. The van der Waals surface area contributed by atoms with Crippen LogP contribution >= 0.6 is 0 Å². The van der Waals surface area contributed by atoms with Crippen LogP contribution < -0.4 is 0 Å². The van der Waals surface area contributed by atoms with Crippen molar-refractivity contribution in [2.45, 2.75) is 31.3 Å². The molecule has 4 nitrogen and oxygen atoms in total. The number of benzene rings is 2. The lowest BCUT2D eigenvalue weighted by Crippen LogP contribution is -2.34. The van der Waals surface area contributed by atoms with Gasteiger partial charge in [0.15, 0.2) is 0 Å². The Morgan fingerprint density at radius 1 is 1.00 bits per heavy atom. The molecule has 0 atom stereocenters. The van der Waals surface area contributed by atoms with Crippen molar-refractivity contribution in [3.8, 4) is 0 Å². The predicted molar refractivity (Wildman–Crippen MR) is 103 cm³/mol. The summed E-state index contributed by atoms with van der Waals surface area (Å²) in [5.74, 6) is -0.851. The highest BCUT2D eigenvalue weighted by atomic mass is 32.2. The van der Waals surface area contributed by atoms with Gasteiger partial charge >= 0.3 is 0 Å². The quantitative estimate of drug-likeness (QED) is 0.622. The molecule has 0 aliphatic rings. The first kappa shape index (κ1) is 19.8. The van der Waals surface area contributed by atoms with Crippen molar-refractivity contribution in [1.29, 1.82) is 0 Å². The number of carbonyl (C=O) groups excluding carboxylic acids is 1. The molecule has 0 spiro atoms. The third-order valence-electron chi connectivity index (χ3n) is 3.74. The fraction of sp³-hybridized carbons (Fsp3) is 0.190. The Morgan fingerprint density at radius 3 is 2.12 bits per heavy atom. The molecule has 2 aromatic carbocycles. The maximum absolute atomic E-state index is 12.9. The van der Waals surface area contributed by atoms with Crippen molar-refractivity contribution in [1.82, 2.24) is 0 Å². The molecule has 2 rings (SSSR count). The number of Topliss-reactive ketones (excluding diaryl/α,β-unsaturated/α-hetero) is 1. The Bertz CT molecular complexity index is 930. The van der Waals surface area contributed by atoms with Crippen molar-refractivity contribution in [3.63, 3.8) is 0 Å². The van der Waals surface area contributed by atoms with Crippen LogP contribution in [0.1, 0.15) is 25.0 Å². The van der Waals surface area contributed by atoms with E-state index >= 15 is 0 Å². The first-order chi connectivity index (χ1) is 12.1. The summed E-state index contributed by atoms with van der Waals surface area (Å²) in [6, 6.07) is 15.5. The number of rotatable bonds is 6. The fourth-order valence-electron chi connectivity index (χ4n) is 2.24. The van der Waals surface area contributed by atoms with Crippen LogP contribution in [0.3, 0.4) is 0 Å². The van der Waals surface area contributed by atoms with Crippen LogP contribution in [-0.2, 0) is 14.6 Å². The number of aliphatic hydroxyl groups is 1.